The predicted molar refractivity (Wildman–Crippen MR) is 133 cm³/mol. The number of amides is 1. The standard InChI is InChI=1S/C20H19Cl3N4O2.CH4O3S/c21-14-3-1-13(2-4-14)19-12-17(20(28)25-26-7-9-29-10-8-26)24-27(19)18-6-5-15(22)11-16(18)23;1-5(2,3)4/h1-6,11,19H,7-10,12H2,(H,25,28);1H3,(H,2,3,4)/t19-;/m0./s1. The summed E-state index contributed by atoms with van der Waals surface area (Å²) in [6.45, 7) is 2.47. The van der Waals surface area contributed by atoms with Crippen LogP contribution in [0.1, 0.15) is 18.0 Å². The van der Waals surface area contributed by atoms with Gasteiger partial charge in [0.05, 0.1) is 36.2 Å². The molecule has 0 radical (unpaired) electrons. The Labute approximate surface area is 212 Å². The van der Waals surface area contributed by atoms with E-state index in [0.717, 1.165) is 5.56 Å². The third kappa shape index (κ3) is 7.81. The highest BCUT2D eigenvalue weighted by Gasteiger charge is 2.34. The second kappa shape index (κ2) is 11.7. The molecule has 2 aliphatic heterocycles. The number of hydrazone groups is 1. The van der Waals surface area contributed by atoms with Crippen molar-refractivity contribution < 1.29 is 22.5 Å². The molecule has 0 saturated carbocycles. The number of anilines is 1. The molecular weight excluding hydrogens is 527 g/mol. The fraction of sp³-hybridized carbons (Fsp3) is 0.333. The second-order valence-corrected chi connectivity index (χ2v) is 10.3. The number of nitrogens with one attached hydrogen (secondary N) is 1. The lowest BCUT2D eigenvalue weighted by Crippen LogP contribution is -2.50. The minimum absolute atomic E-state index is 0.184. The number of rotatable bonds is 4. The molecule has 1 atom stereocenters. The van der Waals surface area contributed by atoms with E-state index in [9.17, 15) is 13.2 Å². The normalized spacial score (nSPS) is 18.7. The molecule has 13 heteroatoms. The highest BCUT2D eigenvalue weighted by atomic mass is 35.5. The first-order valence-corrected chi connectivity index (χ1v) is 13.1. The molecule has 9 nitrogen and oxygen atoms in total. The summed E-state index contributed by atoms with van der Waals surface area (Å²) >= 11 is 18.5. The SMILES string of the molecule is CS(=O)(=O)O.O=C(NN1CCOCC1)C1=NN(c2ccc(Cl)cc2Cl)[C@H](c2ccc(Cl)cc2)C1. The van der Waals surface area contributed by atoms with Crippen LogP contribution in [0.25, 0.3) is 0 Å². The molecule has 1 saturated heterocycles. The van der Waals surface area contributed by atoms with Crippen molar-refractivity contribution in [1.82, 2.24) is 10.4 Å². The van der Waals surface area contributed by atoms with Gasteiger partial charge in [-0.1, -0.05) is 46.9 Å². The first-order valence-electron chi connectivity index (χ1n) is 10.1. The van der Waals surface area contributed by atoms with Crippen molar-refractivity contribution in [2.75, 3.05) is 37.6 Å². The van der Waals surface area contributed by atoms with Gasteiger partial charge in [-0.05, 0) is 35.9 Å². The molecule has 2 aromatic rings. The summed E-state index contributed by atoms with van der Waals surface area (Å²) < 4.78 is 31.2. The van der Waals surface area contributed by atoms with Crippen LogP contribution in [0.4, 0.5) is 5.69 Å². The number of hydrazine groups is 1. The van der Waals surface area contributed by atoms with Gasteiger partial charge in [0.15, 0.2) is 0 Å². The molecule has 34 heavy (non-hydrogen) atoms. The number of nitrogens with zero attached hydrogens (tertiary/aromatic N) is 3. The monoisotopic (exact) mass is 548 g/mol. The van der Waals surface area contributed by atoms with Crippen molar-refractivity contribution in [2.45, 2.75) is 12.5 Å². The van der Waals surface area contributed by atoms with Crippen LogP contribution >= 0.6 is 34.8 Å². The number of carbonyl (C=O) groups is 1. The summed E-state index contributed by atoms with van der Waals surface area (Å²) in [7, 11) is -3.67. The van der Waals surface area contributed by atoms with Crippen molar-refractivity contribution in [2.24, 2.45) is 5.10 Å². The molecule has 0 spiro atoms. The second-order valence-electron chi connectivity index (χ2n) is 7.53. The maximum absolute atomic E-state index is 12.8. The van der Waals surface area contributed by atoms with Crippen LogP contribution in [0.5, 0.6) is 0 Å². The van der Waals surface area contributed by atoms with Gasteiger partial charge in [-0.2, -0.15) is 13.5 Å². The molecule has 0 aliphatic carbocycles. The van der Waals surface area contributed by atoms with E-state index < -0.39 is 10.1 Å². The van der Waals surface area contributed by atoms with Crippen molar-refractivity contribution >= 4 is 62.2 Å². The molecule has 0 unspecified atom stereocenters. The van der Waals surface area contributed by atoms with Gasteiger partial charge >= 0.3 is 0 Å². The number of morpholine rings is 1. The van der Waals surface area contributed by atoms with E-state index >= 15 is 0 Å². The number of hydrogen-bond acceptors (Lipinski definition) is 7. The Kier molecular flexibility index (Phi) is 9.16. The summed E-state index contributed by atoms with van der Waals surface area (Å²) in [5, 5.41) is 9.89. The lowest BCUT2D eigenvalue weighted by atomic mass is 10.0. The summed E-state index contributed by atoms with van der Waals surface area (Å²) in [6.07, 6.45) is 1.16. The highest BCUT2D eigenvalue weighted by molar-refractivity contribution is 7.85. The first kappa shape index (κ1) is 26.7. The smallest absolute Gasteiger partial charge is 0.281 e. The molecule has 184 valence electrons. The summed E-state index contributed by atoms with van der Waals surface area (Å²) in [6, 6.07) is 12.6. The van der Waals surface area contributed by atoms with Crippen molar-refractivity contribution in [3.63, 3.8) is 0 Å². The van der Waals surface area contributed by atoms with E-state index in [4.69, 9.17) is 44.1 Å². The van der Waals surface area contributed by atoms with E-state index in [2.05, 4.69) is 10.5 Å². The minimum Gasteiger partial charge on any atom is -0.379 e. The maximum Gasteiger partial charge on any atom is 0.281 e. The van der Waals surface area contributed by atoms with Gasteiger partial charge in [-0.15, -0.1) is 0 Å². The predicted octanol–water partition coefficient (Wildman–Crippen LogP) is 3.82. The van der Waals surface area contributed by atoms with Crippen LogP contribution in [0.15, 0.2) is 47.6 Å². The Bertz CT molecular complexity index is 1150. The lowest BCUT2D eigenvalue weighted by molar-refractivity contribution is -0.121. The van der Waals surface area contributed by atoms with E-state index in [0.29, 0.717) is 65.4 Å². The number of ether oxygens (including phenoxy) is 1. The Morgan fingerprint density at radius 2 is 1.68 bits per heavy atom. The quantitative estimate of drug-likeness (QED) is 0.558. The number of halogens is 3. The Balaban J connectivity index is 0.000000588. The number of benzene rings is 2. The van der Waals surface area contributed by atoms with Crippen LogP contribution in [-0.2, 0) is 19.6 Å². The highest BCUT2D eigenvalue weighted by Crippen LogP contribution is 2.39. The zero-order valence-electron chi connectivity index (χ0n) is 18.1. The maximum atomic E-state index is 12.8. The number of hydrogen-bond donors (Lipinski definition) is 2. The van der Waals surface area contributed by atoms with Crippen LogP contribution in [0.2, 0.25) is 15.1 Å². The van der Waals surface area contributed by atoms with E-state index in [1.807, 2.05) is 29.3 Å². The van der Waals surface area contributed by atoms with E-state index in [1.54, 1.807) is 23.2 Å². The van der Waals surface area contributed by atoms with Gasteiger partial charge in [0.1, 0.15) is 5.71 Å². The molecule has 0 bridgehead atoms. The average molecular weight is 550 g/mol. The van der Waals surface area contributed by atoms with Gasteiger partial charge in [0.2, 0.25) is 0 Å². The van der Waals surface area contributed by atoms with Crippen LogP contribution < -0.4 is 10.4 Å². The Hall–Kier alpha value is -1.92. The van der Waals surface area contributed by atoms with Crippen LogP contribution in [-0.4, -0.2) is 62.2 Å². The molecule has 2 aromatic carbocycles. The average Bonchev–Trinajstić information content (AvgIpc) is 3.19. The molecule has 0 aromatic heterocycles. The third-order valence-electron chi connectivity index (χ3n) is 4.85. The zero-order valence-corrected chi connectivity index (χ0v) is 21.2. The Morgan fingerprint density at radius 1 is 1.09 bits per heavy atom. The molecule has 2 aliphatic rings. The van der Waals surface area contributed by atoms with Crippen LogP contribution in [0.3, 0.4) is 0 Å². The number of carbonyl (C=O) groups excluding carboxylic acids is 1. The molecule has 1 amide bonds. The van der Waals surface area contributed by atoms with Crippen molar-refractivity contribution in [1.29, 1.82) is 0 Å². The minimum atomic E-state index is -3.67. The first-order chi connectivity index (χ1) is 16.0. The topological polar surface area (TPSA) is 112 Å². The fourth-order valence-electron chi connectivity index (χ4n) is 3.36. The van der Waals surface area contributed by atoms with E-state index in [1.165, 1.54) is 0 Å². The van der Waals surface area contributed by atoms with Gasteiger partial charge in [-0.3, -0.25) is 19.8 Å². The van der Waals surface area contributed by atoms with Crippen molar-refractivity contribution in [3.8, 4) is 0 Å². The molecule has 2 N–H and O–H groups in total. The molecular formula is C21H23Cl3N4O5S. The summed E-state index contributed by atoms with van der Waals surface area (Å²) in [5.74, 6) is -0.224. The fourth-order valence-corrected chi connectivity index (χ4v) is 3.99. The Morgan fingerprint density at radius 3 is 2.26 bits per heavy atom. The zero-order chi connectivity index (χ0) is 24.9. The summed E-state index contributed by atoms with van der Waals surface area (Å²) in [4.78, 5) is 12.8. The van der Waals surface area contributed by atoms with Crippen molar-refractivity contribution in [3.05, 3.63) is 63.1 Å². The molecule has 2 heterocycles. The van der Waals surface area contributed by atoms with Crippen LogP contribution in [0, 0.1) is 0 Å². The van der Waals surface area contributed by atoms with E-state index in [-0.39, 0.29) is 11.9 Å². The van der Waals surface area contributed by atoms with Gasteiger partial charge < -0.3 is 4.74 Å². The third-order valence-corrected chi connectivity index (χ3v) is 5.64. The van der Waals surface area contributed by atoms with Gasteiger partial charge in [0.25, 0.3) is 16.0 Å². The van der Waals surface area contributed by atoms with Gasteiger partial charge in [0, 0.05) is 29.6 Å². The summed E-state index contributed by atoms with van der Waals surface area (Å²) in [5.41, 5.74) is 5.02. The molecule has 4 rings (SSSR count). The molecule has 1 fully saturated rings. The van der Waals surface area contributed by atoms with Gasteiger partial charge in [-0.25, -0.2) is 5.01 Å². The largest absolute Gasteiger partial charge is 0.379 e. The lowest BCUT2D eigenvalue weighted by Gasteiger charge is -2.26.